The highest BCUT2D eigenvalue weighted by molar-refractivity contribution is 5.36. The van der Waals surface area contributed by atoms with Crippen molar-refractivity contribution in [2.45, 2.75) is 19.0 Å². The zero-order chi connectivity index (χ0) is 10.1. The minimum absolute atomic E-state index is 0.174. The lowest BCUT2D eigenvalue weighted by Gasteiger charge is -2.15. The van der Waals surface area contributed by atoms with Crippen LogP contribution in [0.2, 0.25) is 0 Å². The zero-order valence-electron chi connectivity index (χ0n) is 6.84. The van der Waals surface area contributed by atoms with Crippen LogP contribution in [-0.4, -0.2) is 16.1 Å². The molecule has 13 heavy (non-hydrogen) atoms. The van der Waals surface area contributed by atoms with E-state index in [0.29, 0.717) is 0 Å². The Morgan fingerprint density at radius 3 is 2.31 bits per heavy atom. The van der Waals surface area contributed by atoms with E-state index in [4.69, 9.17) is 5.73 Å². The summed E-state index contributed by atoms with van der Waals surface area (Å²) in [4.78, 5) is 7.07. The maximum Gasteiger partial charge on any atom is 0.397 e. The summed E-state index contributed by atoms with van der Waals surface area (Å²) in [7, 11) is 0. The summed E-state index contributed by atoms with van der Waals surface area (Å²) in [5.41, 5.74) is 5.02. The topological polar surface area (TPSA) is 51.8 Å². The number of nitrogen functional groups attached to an aromatic ring is 1. The Hall–Kier alpha value is -1.33. The molecule has 6 heteroatoms. The number of rotatable bonds is 1. The van der Waals surface area contributed by atoms with Crippen molar-refractivity contribution in [1.82, 2.24) is 9.97 Å². The van der Waals surface area contributed by atoms with Crippen LogP contribution in [0.3, 0.4) is 0 Å². The van der Waals surface area contributed by atoms with Crippen molar-refractivity contribution in [3.63, 3.8) is 0 Å². The lowest BCUT2D eigenvalue weighted by Crippen LogP contribution is -2.20. The van der Waals surface area contributed by atoms with Gasteiger partial charge in [-0.25, -0.2) is 4.98 Å². The van der Waals surface area contributed by atoms with Crippen LogP contribution < -0.4 is 5.73 Å². The van der Waals surface area contributed by atoms with Gasteiger partial charge in [0.2, 0.25) is 0 Å². The molecule has 3 nitrogen and oxygen atoms in total. The van der Waals surface area contributed by atoms with Gasteiger partial charge in [0.1, 0.15) is 5.82 Å². The number of anilines is 1. The van der Waals surface area contributed by atoms with E-state index in [1.54, 1.807) is 0 Å². The maximum absolute atomic E-state index is 12.2. The van der Waals surface area contributed by atoms with Gasteiger partial charge in [0, 0.05) is 12.4 Å². The molecule has 0 aliphatic carbocycles. The Morgan fingerprint density at radius 1 is 1.31 bits per heavy atom. The third kappa shape index (κ3) is 2.07. The van der Waals surface area contributed by atoms with Gasteiger partial charge in [-0.15, -0.1) is 0 Å². The summed E-state index contributed by atoms with van der Waals surface area (Å²) >= 11 is 0. The largest absolute Gasteiger partial charge is 0.397 e. The summed E-state index contributed by atoms with van der Waals surface area (Å²) in [5, 5.41) is 0. The Bertz CT molecular complexity index is 297. The first kappa shape index (κ1) is 9.76. The average molecular weight is 191 g/mol. The van der Waals surface area contributed by atoms with Gasteiger partial charge < -0.3 is 5.73 Å². The minimum atomic E-state index is -4.33. The zero-order valence-corrected chi connectivity index (χ0v) is 6.84. The van der Waals surface area contributed by atoms with Gasteiger partial charge >= 0.3 is 6.18 Å². The fourth-order valence-corrected chi connectivity index (χ4v) is 0.848. The van der Waals surface area contributed by atoms with E-state index in [-0.39, 0.29) is 11.5 Å². The molecule has 0 spiro atoms. The number of halogens is 3. The van der Waals surface area contributed by atoms with Crippen molar-refractivity contribution < 1.29 is 13.2 Å². The highest BCUT2D eigenvalue weighted by Crippen LogP contribution is 2.34. The van der Waals surface area contributed by atoms with Gasteiger partial charge in [-0.3, -0.25) is 4.98 Å². The second-order valence-corrected chi connectivity index (χ2v) is 2.59. The van der Waals surface area contributed by atoms with Crippen molar-refractivity contribution in [2.24, 2.45) is 0 Å². The SMILES string of the molecule is CC(c1nccnc1N)C(F)(F)F. The van der Waals surface area contributed by atoms with Gasteiger partial charge in [0.25, 0.3) is 0 Å². The minimum Gasteiger partial charge on any atom is -0.382 e. The first-order valence-corrected chi connectivity index (χ1v) is 3.56. The van der Waals surface area contributed by atoms with Crippen LogP contribution in [0.15, 0.2) is 12.4 Å². The average Bonchev–Trinajstić information content (AvgIpc) is 2.02. The molecule has 0 bridgehead atoms. The van der Waals surface area contributed by atoms with E-state index in [2.05, 4.69) is 9.97 Å². The molecule has 1 unspecified atom stereocenters. The number of hydrogen-bond acceptors (Lipinski definition) is 3. The number of alkyl halides is 3. The van der Waals surface area contributed by atoms with Crippen molar-refractivity contribution in [3.05, 3.63) is 18.1 Å². The smallest absolute Gasteiger partial charge is 0.382 e. The van der Waals surface area contributed by atoms with Crippen molar-refractivity contribution >= 4 is 5.82 Å². The molecule has 0 radical (unpaired) electrons. The van der Waals surface area contributed by atoms with Crippen molar-refractivity contribution in [1.29, 1.82) is 0 Å². The van der Waals surface area contributed by atoms with Gasteiger partial charge in [0.15, 0.2) is 0 Å². The molecule has 2 N–H and O–H groups in total. The summed E-state index contributed by atoms with van der Waals surface area (Å²) < 4.78 is 36.6. The molecule has 0 amide bonds. The Morgan fingerprint density at radius 2 is 1.85 bits per heavy atom. The second kappa shape index (κ2) is 3.20. The molecule has 0 aliphatic heterocycles. The first-order chi connectivity index (χ1) is 5.93. The first-order valence-electron chi connectivity index (χ1n) is 3.56. The molecular weight excluding hydrogens is 183 g/mol. The highest BCUT2D eigenvalue weighted by Gasteiger charge is 2.39. The van der Waals surface area contributed by atoms with E-state index in [1.165, 1.54) is 12.4 Å². The quantitative estimate of drug-likeness (QED) is 0.735. The van der Waals surface area contributed by atoms with Crippen LogP contribution in [0.25, 0.3) is 0 Å². The summed E-state index contributed by atoms with van der Waals surface area (Å²) in [6, 6.07) is 0. The normalized spacial score (nSPS) is 14.2. The summed E-state index contributed by atoms with van der Waals surface area (Å²) in [6.45, 7) is 1.00. The van der Waals surface area contributed by atoms with Crippen LogP contribution in [-0.2, 0) is 0 Å². The molecular formula is C7H8F3N3. The van der Waals surface area contributed by atoms with E-state index >= 15 is 0 Å². The fourth-order valence-electron chi connectivity index (χ4n) is 0.848. The van der Waals surface area contributed by atoms with Crippen LogP contribution in [0.4, 0.5) is 19.0 Å². The van der Waals surface area contributed by atoms with Crippen LogP contribution in [0, 0.1) is 0 Å². The molecule has 1 heterocycles. The monoisotopic (exact) mass is 191 g/mol. The molecule has 1 rings (SSSR count). The second-order valence-electron chi connectivity index (χ2n) is 2.59. The molecule has 0 saturated heterocycles. The Kier molecular flexibility index (Phi) is 2.40. The molecule has 1 aromatic rings. The maximum atomic E-state index is 12.2. The van der Waals surface area contributed by atoms with Crippen LogP contribution in [0.1, 0.15) is 18.5 Å². The van der Waals surface area contributed by atoms with E-state index in [9.17, 15) is 13.2 Å². The highest BCUT2D eigenvalue weighted by atomic mass is 19.4. The molecule has 72 valence electrons. The fraction of sp³-hybridized carbons (Fsp3) is 0.429. The molecule has 0 aliphatic rings. The Labute approximate surface area is 72.8 Å². The molecule has 0 aromatic carbocycles. The van der Waals surface area contributed by atoms with Gasteiger partial charge in [-0.2, -0.15) is 13.2 Å². The van der Waals surface area contributed by atoms with Crippen molar-refractivity contribution in [3.8, 4) is 0 Å². The molecule has 0 saturated carbocycles. The number of aromatic nitrogens is 2. The third-order valence-corrected chi connectivity index (χ3v) is 1.66. The van der Waals surface area contributed by atoms with Crippen LogP contribution >= 0.6 is 0 Å². The van der Waals surface area contributed by atoms with Gasteiger partial charge in [-0.1, -0.05) is 0 Å². The summed E-state index contributed by atoms with van der Waals surface area (Å²) in [6.07, 6.45) is -1.89. The standard InChI is InChI=1S/C7H8F3N3/c1-4(7(8,9)10)5-6(11)13-3-2-12-5/h2-4H,1H3,(H2,11,13). The van der Waals surface area contributed by atoms with Crippen molar-refractivity contribution in [2.75, 3.05) is 5.73 Å². The number of nitrogens with two attached hydrogens (primary N) is 1. The molecule has 1 aromatic heterocycles. The third-order valence-electron chi connectivity index (χ3n) is 1.66. The van der Waals surface area contributed by atoms with E-state index in [1.807, 2.05) is 0 Å². The summed E-state index contributed by atoms with van der Waals surface area (Å²) in [5.74, 6) is -1.85. The predicted octanol–water partition coefficient (Wildman–Crippen LogP) is 1.72. The Balaban J connectivity index is 3.02. The lowest BCUT2D eigenvalue weighted by molar-refractivity contribution is -0.147. The number of nitrogens with zero attached hydrogens (tertiary/aromatic N) is 2. The molecule has 0 fully saturated rings. The van der Waals surface area contributed by atoms with E-state index in [0.717, 1.165) is 6.92 Å². The van der Waals surface area contributed by atoms with Crippen LogP contribution in [0.5, 0.6) is 0 Å². The molecule has 1 atom stereocenters. The number of hydrogen-bond donors (Lipinski definition) is 1. The lowest BCUT2D eigenvalue weighted by atomic mass is 10.1. The van der Waals surface area contributed by atoms with Gasteiger partial charge in [-0.05, 0) is 6.92 Å². The van der Waals surface area contributed by atoms with E-state index < -0.39 is 12.1 Å². The predicted molar refractivity (Wildman–Crippen MR) is 40.9 cm³/mol. The van der Waals surface area contributed by atoms with Gasteiger partial charge in [0.05, 0.1) is 11.6 Å².